The Bertz CT molecular complexity index is 869. The van der Waals surface area contributed by atoms with Crippen LogP contribution in [0.15, 0.2) is 42.6 Å². The van der Waals surface area contributed by atoms with Crippen molar-refractivity contribution in [2.24, 2.45) is 0 Å². The third-order valence-electron chi connectivity index (χ3n) is 3.97. The van der Waals surface area contributed by atoms with E-state index in [0.29, 0.717) is 18.7 Å². The lowest BCUT2D eigenvalue weighted by atomic mass is 10.2. The molecule has 2 heterocycles. The second-order valence-electron chi connectivity index (χ2n) is 5.98. The van der Waals surface area contributed by atoms with Gasteiger partial charge in [-0.1, -0.05) is 12.1 Å². The van der Waals surface area contributed by atoms with Crippen molar-refractivity contribution in [1.82, 2.24) is 10.3 Å². The van der Waals surface area contributed by atoms with Gasteiger partial charge in [-0.25, -0.2) is 12.8 Å². The number of carbonyl (C=O) groups is 1. The first-order valence-electron chi connectivity index (χ1n) is 7.87. The van der Waals surface area contributed by atoms with Gasteiger partial charge in [-0.3, -0.25) is 9.78 Å². The van der Waals surface area contributed by atoms with Gasteiger partial charge in [0.1, 0.15) is 11.5 Å². The van der Waals surface area contributed by atoms with E-state index in [1.54, 1.807) is 24.3 Å². The number of nitrogens with one attached hydrogen (secondary N) is 2. The van der Waals surface area contributed by atoms with Crippen molar-refractivity contribution in [3.8, 4) is 0 Å². The van der Waals surface area contributed by atoms with Gasteiger partial charge in [0.2, 0.25) is 0 Å². The van der Waals surface area contributed by atoms with Crippen LogP contribution >= 0.6 is 0 Å². The number of nitrogens with zero attached hydrogens (tertiary/aromatic N) is 1. The molecule has 0 aliphatic carbocycles. The topological polar surface area (TPSA) is 88.2 Å². The number of aromatic nitrogens is 1. The van der Waals surface area contributed by atoms with Crippen molar-refractivity contribution in [3.63, 3.8) is 0 Å². The third-order valence-corrected chi connectivity index (χ3v) is 5.74. The molecule has 0 spiro atoms. The van der Waals surface area contributed by atoms with Gasteiger partial charge >= 0.3 is 0 Å². The number of sulfone groups is 1. The van der Waals surface area contributed by atoms with Crippen LogP contribution in [0.4, 0.5) is 10.1 Å². The molecule has 1 aliphatic heterocycles. The number of benzene rings is 1. The number of anilines is 1. The van der Waals surface area contributed by atoms with E-state index in [0.717, 1.165) is 5.56 Å². The summed E-state index contributed by atoms with van der Waals surface area (Å²) in [5.74, 6) is -0.612. The third kappa shape index (κ3) is 4.76. The molecule has 1 amide bonds. The molecular weight excluding hydrogens is 345 g/mol. The average Bonchev–Trinajstić information content (AvgIpc) is 2.93. The summed E-state index contributed by atoms with van der Waals surface area (Å²) in [6, 6.07) is 9.09. The number of hydrogen-bond acceptors (Lipinski definition) is 5. The smallest absolute Gasteiger partial charge is 0.270 e. The molecule has 1 fully saturated rings. The van der Waals surface area contributed by atoms with Crippen molar-refractivity contribution in [3.05, 3.63) is 59.7 Å². The maximum Gasteiger partial charge on any atom is 0.270 e. The van der Waals surface area contributed by atoms with Crippen LogP contribution in [0.2, 0.25) is 0 Å². The van der Waals surface area contributed by atoms with Crippen LogP contribution in [0.25, 0.3) is 0 Å². The quantitative estimate of drug-likeness (QED) is 0.845. The van der Waals surface area contributed by atoms with E-state index in [4.69, 9.17) is 0 Å². The minimum atomic E-state index is -3.05. The highest BCUT2D eigenvalue weighted by molar-refractivity contribution is 7.91. The van der Waals surface area contributed by atoms with Gasteiger partial charge in [0, 0.05) is 24.5 Å². The van der Waals surface area contributed by atoms with E-state index >= 15 is 0 Å². The molecule has 0 bridgehead atoms. The number of pyridine rings is 1. The minimum Gasteiger partial charge on any atom is -0.381 e. The normalized spacial score (nSPS) is 18.7. The van der Waals surface area contributed by atoms with Gasteiger partial charge in [-0.15, -0.1) is 0 Å². The van der Waals surface area contributed by atoms with Gasteiger partial charge < -0.3 is 10.6 Å². The van der Waals surface area contributed by atoms with Gasteiger partial charge in [0.25, 0.3) is 5.91 Å². The maximum atomic E-state index is 12.9. The van der Waals surface area contributed by atoms with Crippen molar-refractivity contribution >= 4 is 21.4 Å². The minimum absolute atomic E-state index is 0.0265. The van der Waals surface area contributed by atoms with Gasteiger partial charge in [0.05, 0.1) is 11.5 Å². The summed E-state index contributed by atoms with van der Waals surface area (Å²) < 4.78 is 35.8. The van der Waals surface area contributed by atoms with Gasteiger partial charge in [0.15, 0.2) is 9.84 Å². The van der Waals surface area contributed by atoms with Crippen LogP contribution in [0.3, 0.4) is 0 Å². The van der Waals surface area contributed by atoms with Crippen molar-refractivity contribution in [2.75, 3.05) is 16.8 Å². The van der Waals surface area contributed by atoms with Crippen LogP contribution in [0.1, 0.15) is 22.5 Å². The lowest BCUT2D eigenvalue weighted by molar-refractivity contribution is 0.0936. The molecule has 1 aromatic carbocycles. The Kier molecular flexibility index (Phi) is 4.98. The number of amides is 1. The van der Waals surface area contributed by atoms with Crippen LogP contribution in [-0.2, 0) is 16.4 Å². The number of rotatable bonds is 5. The van der Waals surface area contributed by atoms with Crippen LogP contribution in [-0.4, -0.2) is 36.9 Å². The fraction of sp³-hybridized carbons (Fsp3) is 0.294. The molecule has 8 heteroatoms. The molecular formula is C17H18FN3O3S. The van der Waals surface area contributed by atoms with Crippen molar-refractivity contribution in [1.29, 1.82) is 0 Å². The van der Waals surface area contributed by atoms with Crippen LogP contribution in [0, 0.1) is 5.82 Å². The van der Waals surface area contributed by atoms with Gasteiger partial charge in [-0.2, -0.15) is 0 Å². The predicted molar refractivity (Wildman–Crippen MR) is 92.5 cm³/mol. The van der Waals surface area contributed by atoms with Crippen molar-refractivity contribution < 1.29 is 17.6 Å². The summed E-state index contributed by atoms with van der Waals surface area (Å²) in [6.45, 7) is 0.478. The highest BCUT2D eigenvalue weighted by Gasteiger charge is 2.29. The molecule has 0 saturated carbocycles. The predicted octanol–water partition coefficient (Wildman–Crippen LogP) is 1.75. The monoisotopic (exact) mass is 363 g/mol. The maximum absolute atomic E-state index is 12.9. The first-order chi connectivity index (χ1) is 11.9. The average molecular weight is 363 g/mol. The highest BCUT2D eigenvalue weighted by atomic mass is 32.2. The summed E-state index contributed by atoms with van der Waals surface area (Å²) in [6.07, 6.45) is 1.93. The number of hydrogen-bond donors (Lipinski definition) is 2. The van der Waals surface area contributed by atoms with Crippen LogP contribution in [0.5, 0.6) is 0 Å². The van der Waals surface area contributed by atoms with Crippen LogP contribution < -0.4 is 10.6 Å². The second kappa shape index (κ2) is 7.18. The van der Waals surface area contributed by atoms with E-state index in [1.807, 2.05) is 0 Å². The molecule has 132 valence electrons. The van der Waals surface area contributed by atoms with E-state index in [-0.39, 0.29) is 29.1 Å². The molecule has 0 radical (unpaired) electrons. The first-order valence-corrected chi connectivity index (χ1v) is 9.69. The highest BCUT2D eigenvalue weighted by Crippen LogP contribution is 2.14. The standard InChI is InChI=1S/C17H18FN3O3S/c18-13-3-1-12(2-4-13)10-20-14-5-7-19-16(9-14)17(22)21-15-6-8-25(23,24)11-15/h1-5,7,9,15H,6,8,10-11H2,(H,19,20)(H,21,22). The zero-order chi connectivity index (χ0) is 17.9. The number of carbonyl (C=O) groups excluding carboxylic acids is 1. The zero-order valence-electron chi connectivity index (χ0n) is 13.4. The summed E-state index contributed by atoms with van der Waals surface area (Å²) in [5.41, 5.74) is 1.82. The molecule has 25 heavy (non-hydrogen) atoms. The fourth-order valence-corrected chi connectivity index (χ4v) is 4.31. The molecule has 1 unspecified atom stereocenters. The SMILES string of the molecule is O=C(NC1CCS(=O)(=O)C1)c1cc(NCc2ccc(F)cc2)ccn1. The summed E-state index contributed by atoms with van der Waals surface area (Å²) in [5, 5.41) is 5.85. The molecule has 1 atom stereocenters. The Hall–Kier alpha value is -2.48. The van der Waals surface area contributed by atoms with E-state index < -0.39 is 15.7 Å². The second-order valence-corrected chi connectivity index (χ2v) is 8.21. The molecule has 1 aromatic heterocycles. The molecule has 6 nitrogen and oxygen atoms in total. The molecule has 2 aromatic rings. The van der Waals surface area contributed by atoms with Gasteiger partial charge in [-0.05, 0) is 36.2 Å². The lowest BCUT2D eigenvalue weighted by Gasteiger charge is -2.11. The molecule has 2 N–H and O–H groups in total. The zero-order valence-corrected chi connectivity index (χ0v) is 14.2. The van der Waals surface area contributed by atoms with E-state index in [9.17, 15) is 17.6 Å². The molecule has 1 saturated heterocycles. The Morgan fingerprint density at radius 2 is 2.00 bits per heavy atom. The Morgan fingerprint density at radius 1 is 1.24 bits per heavy atom. The molecule has 1 aliphatic rings. The number of halogens is 1. The Labute approximate surface area is 145 Å². The van der Waals surface area contributed by atoms with E-state index in [2.05, 4.69) is 15.6 Å². The first kappa shape index (κ1) is 17.3. The summed E-state index contributed by atoms with van der Waals surface area (Å²) in [4.78, 5) is 16.3. The Balaban J connectivity index is 1.60. The summed E-state index contributed by atoms with van der Waals surface area (Å²) in [7, 11) is -3.05. The molecule has 3 rings (SSSR count). The lowest BCUT2D eigenvalue weighted by Crippen LogP contribution is -2.36. The summed E-state index contributed by atoms with van der Waals surface area (Å²) >= 11 is 0. The largest absolute Gasteiger partial charge is 0.381 e. The fourth-order valence-electron chi connectivity index (χ4n) is 2.64. The van der Waals surface area contributed by atoms with Crippen molar-refractivity contribution in [2.45, 2.75) is 19.0 Å². The van der Waals surface area contributed by atoms with E-state index in [1.165, 1.54) is 18.3 Å². The Morgan fingerprint density at radius 3 is 2.68 bits per heavy atom.